The summed E-state index contributed by atoms with van der Waals surface area (Å²) in [6.45, 7) is 0. The standard InChI is InChI=1S/C22H19NO4/c24-21(14-15-22(25)26)23-17-10-12-18(13-11-17)27-20-9-5-4-8-19(20)16-6-2-1-3-7-16/h1-13H,14-15H2,(H,23,24)(H,25,26)/p-1. The van der Waals surface area contributed by atoms with E-state index in [4.69, 9.17) is 4.74 Å². The van der Waals surface area contributed by atoms with Gasteiger partial charge in [-0.3, -0.25) is 4.79 Å². The van der Waals surface area contributed by atoms with Crippen molar-refractivity contribution in [1.82, 2.24) is 0 Å². The molecule has 3 aromatic carbocycles. The van der Waals surface area contributed by atoms with Crippen LogP contribution in [-0.4, -0.2) is 11.9 Å². The van der Waals surface area contributed by atoms with Gasteiger partial charge in [0.25, 0.3) is 0 Å². The summed E-state index contributed by atoms with van der Waals surface area (Å²) in [5, 5.41) is 13.0. The first-order valence-corrected chi connectivity index (χ1v) is 8.54. The fourth-order valence-electron chi connectivity index (χ4n) is 2.58. The summed E-state index contributed by atoms with van der Waals surface area (Å²) in [6, 6.07) is 24.6. The van der Waals surface area contributed by atoms with Crippen LogP contribution in [0, 0.1) is 0 Å². The first kappa shape index (κ1) is 18.2. The first-order chi connectivity index (χ1) is 13.1. The van der Waals surface area contributed by atoms with Crippen molar-refractivity contribution in [1.29, 1.82) is 0 Å². The number of hydrogen-bond acceptors (Lipinski definition) is 4. The minimum absolute atomic E-state index is 0.120. The number of ether oxygens (including phenoxy) is 1. The van der Waals surface area contributed by atoms with E-state index in [1.54, 1.807) is 24.3 Å². The topological polar surface area (TPSA) is 78.5 Å². The fraction of sp³-hybridized carbons (Fsp3) is 0.0909. The zero-order valence-electron chi connectivity index (χ0n) is 14.6. The molecule has 3 aromatic rings. The average Bonchev–Trinajstić information content (AvgIpc) is 2.69. The highest BCUT2D eigenvalue weighted by Gasteiger charge is 2.07. The Balaban J connectivity index is 1.69. The number of carbonyl (C=O) groups is 2. The molecule has 0 aromatic heterocycles. The lowest BCUT2D eigenvalue weighted by Crippen LogP contribution is -2.24. The predicted octanol–water partition coefficient (Wildman–Crippen LogP) is 3.61. The predicted molar refractivity (Wildman–Crippen MR) is 101 cm³/mol. The quantitative estimate of drug-likeness (QED) is 0.698. The number of hydrogen-bond donors (Lipinski definition) is 1. The molecule has 0 saturated carbocycles. The van der Waals surface area contributed by atoms with E-state index in [1.165, 1.54) is 0 Å². The maximum atomic E-state index is 11.7. The summed E-state index contributed by atoms with van der Waals surface area (Å²) >= 11 is 0. The second kappa shape index (κ2) is 8.67. The van der Waals surface area contributed by atoms with Crippen LogP contribution in [-0.2, 0) is 9.59 Å². The van der Waals surface area contributed by atoms with Gasteiger partial charge in [0.1, 0.15) is 11.5 Å². The number of carboxylic acid groups (broad SMARTS) is 1. The van der Waals surface area contributed by atoms with Crippen molar-refractivity contribution in [3.8, 4) is 22.6 Å². The summed E-state index contributed by atoms with van der Waals surface area (Å²) in [5.74, 6) is -0.256. The SMILES string of the molecule is O=C([O-])CCC(=O)Nc1ccc(Oc2ccccc2-c2ccccc2)cc1. The van der Waals surface area contributed by atoms with Crippen LogP contribution in [0.25, 0.3) is 11.1 Å². The molecule has 3 rings (SSSR count). The van der Waals surface area contributed by atoms with Crippen molar-refractivity contribution in [3.63, 3.8) is 0 Å². The Hall–Kier alpha value is -3.60. The molecule has 0 heterocycles. The number of aliphatic carboxylic acids is 1. The molecule has 1 N–H and O–H groups in total. The third kappa shape index (κ3) is 5.19. The number of rotatable bonds is 7. The Kier molecular flexibility index (Phi) is 5.84. The van der Waals surface area contributed by atoms with Gasteiger partial charge in [0.15, 0.2) is 0 Å². The number of carbonyl (C=O) groups excluding carboxylic acids is 2. The molecule has 5 heteroatoms. The highest BCUT2D eigenvalue weighted by molar-refractivity contribution is 5.92. The largest absolute Gasteiger partial charge is 0.550 e. The average molecular weight is 360 g/mol. The molecule has 0 aliphatic carbocycles. The van der Waals surface area contributed by atoms with Crippen LogP contribution in [0.3, 0.4) is 0 Å². The lowest BCUT2D eigenvalue weighted by atomic mass is 10.1. The summed E-state index contributed by atoms with van der Waals surface area (Å²) in [5.41, 5.74) is 2.62. The summed E-state index contributed by atoms with van der Waals surface area (Å²) in [4.78, 5) is 22.1. The maximum absolute atomic E-state index is 11.7. The van der Waals surface area contributed by atoms with Gasteiger partial charge < -0.3 is 20.0 Å². The monoisotopic (exact) mass is 360 g/mol. The van der Waals surface area contributed by atoms with Crippen molar-refractivity contribution in [3.05, 3.63) is 78.9 Å². The normalized spacial score (nSPS) is 10.2. The highest BCUT2D eigenvalue weighted by atomic mass is 16.5. The lowest BCUT2D eigenvalue weighted by molar-refractivity contribution is -0.305. The van der Waals surface area contributed by atoms with Gasteiger partial charge in [-0.05, 0) is 42.3 Å². The zero-order chi connectivity index (χ0) is 19.1. The summed E-state index contributed by atoms with van der Waals surface area (Å²) in [7, 11) is 0. The molecule has 1 amide bonds. The fourth-order valence-corrected chi connectivity index (χ4v) is 2.58. The van der Waals surface area contributed by atoms with Crippen molar-refractivity contribution in [2.24, 2.45) is 0 Å². The smallest absolute Gasteiger partial charge is 0.224 e. The Morgan fingerprint density at radius 2 is 1.48 bits per heavy atom. The maximum Gasteiger partial charge on any atom is 0.224 e. The Bertz CT molecular complexity index is 921. The molecule has 136 valence electrons. The number of carboxylic acids is 1. The molecule has 0 spiro atoms. The third-order valence-corrected chi connectivity index (χ3v) is 3.89. The number of nitrogens with one attached hydrogen (secondary N) is 1. The molecule has 0 aliphatic heterocycles. The van der Waals surface area contributed by atoms with E-state index in [1.807, 2.05) is 54.6 Å². The Morgan fingerprint density at radius 1 is 0.815 bits per heavy atom. The van der Waals surface area contributed by atoms with Gasteiger partial charge in [0.05, 0.1) is 0 Å². The molecule has 0 fully saturated rings. The molecule has 5 nitrogen and oxygen atoms in total. The second-order valence-corrected chi connectivity index (χ2v) is 5.91. The van der Waals surface area contributed by atoms with Crippen LogP contribution in [0.2, 0.25) is 0 Å². The van der Waals surface area contributed by atoms with Crippen LogP contribution in [0.1, 0.15) is 12.8 Å². The molecule has 0 unspecified atom stereocenters. The first-order valence-electron chi connectivity index (χ1n) is 8.54. The number of para-hydroxylation sites is 1. The minimum atomic E-state index is -1.24. The van der Waals surface area contributed by atoms with Crippen molar-refractivity contribution in [2.75, 3.05) is 5.32 Å². The van der Waals surface area contributed by atoms with Gasteiger partial charge >= 0.3 is 0 Å². The molecular weight excluding hydrogens is 342 g/mol. The summed E-state index contributed by atoms with van der Waals surface area (Å²) < 4.78 is 6.00. The van der Waals surface area contributed by atoms with Crippen LogP contribution >= 0.6 is 0 Å². The van der Waals surface area contributed by atoms with Crippen LogP contribution in [0.5, 0.6) is 11.5 Å². The van der Waals surface area contributed by atoms with E-state index in [2.05, 4.69) is 5.32 Å². The Labute approximate surface area is 157 Å². The molecule has 0 aliphatic rings. The van der Waals surface area contributed by atoms with Gasteiger partial charge in [0.2, 0.25) is 5.91 Å². The molecule has 27 heavy (non-hydrogen) atoms. The molecule has 0 saturated heterocycles. The summed E-state index contributed by atoms with van der Waals surface area (Å²) in [6.07, 6.45) is -0.422. The van der Waals surface area contributed by atoms with Gasteiger partial charge in [-0.25, -0.2) is 0 Å². The van der Waals surface area contributed by atoms with Crippen molar-refractivity contribution < 1.29 is 19.4 Å². The molecule has 0 atom stereocenters. The van der Waals surface area contributed by atoms with E-state index in [-0.39, 0.29) is 18.7 Å². The van der Waals surface area contributed by atoms with Crippen molar-refractivity contribution in [2.45, 2.75) is 12.8 Å². The van der Waals surface area contributed by atoms with Crippen LogP contribution < -0.4 is 15.2 Å². The molecular formula is C22H18NO4-. The van der Waals surface area contributed by atoms with Crippen molar-refractivity contribution >= 4 is 17.6 Å². The van der Waals surface area contributed by atoms with E-state index in [0.29, 0.717) is 11.4 Å². The van der Waals surface area contributed by atoms with E-state index in [0.717, 1.165) is 16.9 Å². The van der Waals surface area contributed by atoms with E-state index >= 15 is 0 Å². The molecule has 0 bridgehead atoms. The minimum Gasteiger partial charge on any atom is -0.550 e. The lowest BCUT2D eigenvalue weighted by Gasteiger charge is -2.12. The van der Waals surface area contributed by atoms with Gasteiger partial charge in [0, 0.05) is 23.6 Å². The van der Waals surface area contributed by atoms with Gasteiger partial charge in [-0.2, -0.15) is 0 Å². The Morgan fingerprint density at radius 3 is 2.19 bits per heavy atom. The second-order valence-electron chi connectivity index (χ2n) is 5.91. The van der Waals surface area contributed by atoms with Crippen LogP contribution in [0.4, 0.5) is 5.69 Å². The molecule has 0 radical (unpaired) electrons. The number of amides is 1. The van der Waals surface area contributed by atoms with Crippen LogP contribution in [0.15, 0.2) is 78.9 Å². The highest BCUT2D eigenvalue weighted by Crippen LogP contribution is 2.33. The third-order valence-electron chi connectivity index (χ3n) is 3.89. The van der Waals surface area contributed by atoms with E-state index < -0.39 is 5.97 Å². The zero-order valence-corrected chi connectivity index (χ0v) is 14.6. The van der Waals surface area contributed by atoms with Gasteiger partial charge in [-0.15, -0.1) is 0 Å². The number of benzene rings is 3. The number of anilines is 1. The van der Waals surface area contributed by atoms with E-state index in [9.17, 15) is 14.7 Å². The van der Waals surface area contributed by atoms with Gasteiger partial charge in [-0.1, -0.05) is 48.5 Å².